The Balaban J connectivity index is 1.50. The molecule has 0 bridgehead atoms. The van der Waals surface area contributed by atoms with E-state index in [-0.39, 0.29) is 5.91 Å². The van der Waals surface area contributed by atoms with Crippen LogP contribution < -0.4 is 4.74 Å². The summed E-state index contributed by atoms with van der Waals surface area (Å²) in [5, 5.41) is 0. The molecule has 3 nitrogen and oxygen atoms in total. The van der Waals surface area contributed by atoms with Gasteiger partial charge in [0.25, 0.3) is 0 Å². The minimum absolute atomic E-state index is 0.223. The summed E-state index contributed by atoms with van der Waals surface area (Å²) in [4.78, 5) is 14.5. The Morgan fingerprint density at radius 3 is 2.62 bits per heavy atom. The van der Waals surface area contributed by atoms with Crippen LogP contribution in [-0.4, -0.2) is 30.5 Å². The van der Waals surface area contributed by atoms with Crippen molar-refractivity contribution < 1.29 is 9.53 Å². The normalized spacial score (nSPS) is 17.5. The highest BCUT2D eigenvalue weighted by Gasteiger charge is 2.24. The second-order valence-electron chi connectivity index (χ2n) is 6.63. The smallest absolute Gasteiger partial charge is 0.227 e. The number of benzene rings is 2. The van der Waals surface area contributed by atoms with E-state index in [2.05, 4.69) is 19.1 Å². The summed E-state index contributed by atoms with van der Waals surface area (Å²) in [6.07, 6.45) is 2.68. The molecular formula is C21H25NO2. The van der Waals surface area contributed by atoms with Crippen LogP contribution in [0.5, 0.6) is 5.75 Å². The van der Waals surface area contributed by atoms with Crippen molar-refractivity contribution >= 4 is 5.91 Å². The number of carbonyl (C=O) groups excluding carboxylic acids is 1. The average molecular weight is 323 g/mol. The first-order valence-electron chi connectivity index (χ1n) is 8.72. The average Bonchev–Trinajstić information content (AvgIpc) is 2.62. The molecule has 126 valence electrons. The number of hydrogen-bond acceptors (Lipinski definition) is 2. The summed E-state index contributed by atoms with van der Waals surface area (Å²) < 4.78 is 5.91. The first-order valence-corrected chi connectivity index (χ1v) is 8.72. The largest absolute Gasteiger partial charge is 0.493 e. The molecule has 3 heteroatoms. The van der Waals surface area contributed by atoms with E-state index >= 15 is 0 Å². The number of carbonyl (C=O) groups is 1. The van der Waals surface area contributed by atoms with Crippen molar-refractivity contribution in [3.8, 4) is 5.75 Å². The molecule has 3 rings (SSSR count). The SMILES string of the molecule is Cc1ccc(OCC2CCCN(C(=O)Cc3ccccc3)C2)cc1. The van der Waals surface area contributed by atoms with Crippen LogP contribution in [0, 0.1) is 12.8 Å². The number of aryl methyl sites for hydroxylation is 1. The highest BCUT2D eigenvalue weighted by molar-refractivity contribution is 5.78. The lowest BCUT2D eigenvalue weighted by Gasteiger charge is -2.32. The first-order chi connectivity index (χ1) is 11.7. The molecule has 1 unspecified atom stereocenters. The second kappa shape index (κ2) is 8.00. The Morgan fingerprint density at radius 1 is 1.12 bits per heavy atom. The van der Waals surface area contributed by atoms with Crippen molar-refractivity contribution in [3.05, 3.63) is 65.7 Å². The Morgan fingerprint density at radius 2 is 1.88 bits per heavy atom. The standard InChI is InChI=1S/C21H25NO2/c1-17-9-11-20(12-10-17)24-16-19-8-5-13-22(15-19)21(23)14-18-6-3-2-4-7-18/h2-4,6-7,9-12,19H,5,8,13-16H2,1H3. The Bertz CT molecular complexity index is 651. The van der Waals surface area contributed by atoms with Crippen molar-refractivity contribution in [1.82, 2.24) is 4.90 Å². The number of amides is 1. The third kappa shape index (κ3) is 4.60. The molecule has 1 aliphatic heterocycles. The molecular weight excluding hydrogens is 298 g/mol. The van der Waals surface area contributed by atoms with Gasteiger partial charge in [0.05, 0.1) is 13.0 Å². The molecule has 0 saturated carbocycles. The zero-order chi connectivity index (χ0) is 16.8. The van der Waals surface area contributed by atoms with Gasteiger partial charge in [0, 0.05) is 19.0 Å². The van der Waals surface area contributed by atoms with Crippen LogP contribution in [0.15, 0.2) is 54.6 Å². The molecule has 1 amide bonds. The summed E-state index contributed by atoms with van der Waals surface area (Å²) in [5.41, 5.74) is 2.32. The number of likely N-dealkylation sites (tertiary alicyclic amines) is 1. The van der Waals surface area contributed by atoms with E-state index in [4.69, 9.17) is 4.74 Å². The fourth-order valence-electron chi connectivity index (χ4n) is 3.16. The van der Waals surface area contributed by atoms with Gasteiger partial charge in [0.1, 0.15) is 5.75 Å². The van der Waals surface area contributed by atoms with Crippen molar-refractivity contribution in [2.45, 2.75) is 26.2 Å². The maximum Gasteiger partial charge on any atom is 0.227 e. The Kier molecular flexibility index (Phi) is 5.52. The monoisotopic (exact) mass is 323 g/mol. The lowest BCUT2D eigenvalue weighted by molar-refractivity contribution is -0.132. The molecule has 1 atom stereocenters. The molecule has 1 heterocycles. The van der Waals surface area contributed by atoms with E-state index in [0.717, 1.165) is 37.2 Å². The van der Waals surface area contributed by atoms with Gasteiger partial charge in [-0.05, 0) is 37.5 Å². The van der Waals surface area contributed by atoms with Crippen molar-refractivity contribution in [2.24, 2.45) is 5.92 Å². The summed E-state index contributed by atoms with van der Waals surface area (Å²) >= 11 is 0. The lowest BCUT2D eigenvalue weighted by atomic mass is 9.98. The van der Waals surface area contributed by atoms with Crippen LogP contribution in [-0.2, 0) is 11.2 Å². The van der Waals surface area contributed by atoms with Gasteiger partial charge in [0.15, 0.2) is 0 Å². The quantitative estimate of drug-likeness (QED) is 0.836. The molecule has 0 radical (unpaired) electrons. The van der Waals surface area contributed by atoms with E-state index in [9.17, 15) is 4.79 Å². The predicted molar refractivity (Wildman–Crippen MR) is 96.1 cm³/mol. The number of hydrogen-bond donors (Lipinski definition) is 0. The fourth-order valence-corrected chi connectivity index (χ4v) is 3.16. The molecule has 2 aromatic rings. The zero-order valence-corrected chi connectivity index (χ0v) is 14.3. The van der Waals surface area contributed by atoms with Gasteiger partial charge >= 0.3 is 0 Å². The van der Waals surface area contributed by atoms with E-state index in [1.165, 1.54) is 5.56 Å². The van der Waals surface area contributed by atoms with Crippen LogP contribution in [0.4, 0.5) is 0 Å². The molecule has 0 N–H and O–H groups in total. The molecule has 0 aliphatic carbocycles. The Labute approximate surface area is 144 Å². The molecule has 2 aromatic carbocycles. The maximum absolute atomic E-state index is 12.5. The maximum atomic E-state index is 12.5. The summed E-state index contributed by atoms with van der Waals surface area (Å²) in [6, 6.07) is 18.1. The van der Waals surface area contributed by atoms with Gasteiger partial charge in [-0.15, -0.1) is 0 Å². The second-order valence-corrected chi connectivity index (χ2v) is 6.63. The molecule has 1 fully saturated rings. The van der Waals surface area contributed by atoms with E-state index < -0.39 is 0 Å². The fraction of sp³-hybridized carbons (Fsp3) is 0.381. The number of nitrogens with zero attached hydrogens (tertiary/aromatic N) is 1. The highest BCUT2D eigenvalue weighted by Crippen LogP contribution is 2.20. The van der Waals surface area contributed by atoms with Gasteiger partial charge in [-0.1, -0.05) is 48.0 Å². The minimum Gasteiger partial charge on any atom is -0.493 e. The predicted octanol–water partition coefficient (Wildman–Crippen LogP) is 3.86. The van der Waals surface area contributed by atoms with Crippen molar-refractivity contribution in [3.63, 3.8) is 0 Å². The van der Waals surface area contributed by atoms with Gasteiger partial charge in [-0.2, -0.15) is 0 Å². The molecule has 1 saturated heterocycles. The summed E-state index contributed by atoms with van der Waals surface area (Å²) in [7, 11) is 0. The van der Waals surface area contributed by atoms with Gasteiger partial charge in [-0.3, -0.25) is 4.79 Å². The van der Waals surface area contributed by atoms with Crippen LogP contribution in [0.25, 0.3) is 0 Å². The number of piperidine rings is 1. The van der Waals surface area contributed by atoms with Crippen molar-refractivity contribution in [2.75, 3.05) is 19.7 Å². The third-order valence-electron chi connectivity index (χ3n) is 4.58. The molecule has 24 heavy (non-hydrogen) atoms. The highest BCUT2D eigenvalue weighted by atomic mass is 16.5. The zero-order valence-electron chi connectivity index (χ0n) is 14.3. The Hall–Kier alpha value is -2.29. The number of ether oxygens (including phenoxy) is 1. The van der Waals surface area contributed by atoms with Gasteiger partial charge in [-0.25, -0.2) is 0 Å². The van der Waals surface area contributed by atoms with Crippen LogP contribution in [0.2, 0.25) is 0 Å². The minimum atomic E-state index is 0.223. The number of rotatable bonds is 5. The molecule has 0 aromatic heterocycles. The van der Waals surface area contributed by atoms with E-state index in [0.29, 0.717) is 18.9 Å². The lowest BCUT2D eigenvalue weighted by Crippen LogP contribution is -2.42. The molecule has 1 aliphatic rings. The van der Waals surface area contributed by atoms with Gasteiger partial charge in [0.2, 0.25) is 5.91 Å². The van der Waals surface area contributed by atoms with Crippen LogP contribution in [0.3, 0.4) is 0 Å². The topological polar surface area (TPSA) is 29.5 Å². The van der Waals surface area contributed by atoms with E-state index in [1.54, 1.807) is 0 Å². The van der Waals surface area contributed by atoms with Crippen LogP contribution >= 0.6 is 0 Å². The van der Waals surface area contributed by atoms with Crippen molar-refractivity contribution in [1.29, 1.82) is 0 Å². The summed E-state index contributed by atoms with van der Waals surface area (Å²) in [6.45, 7) is 4.42. The van der Waals surface area contributed by atoms with E-state index in [1.807, 2.05) is 47.4 Å². The first kappa shape index (κ1) is 16.6. The van der Waals surface area contributed by atoms with Crippen LogP contribution in [0.1, 0.15) is 24.0 Å². The summed E-state index contributed by atoms with van der Waals surface area (Å²) in [5.74, 6) is 1.55. The third-order valence-corrected chi connectivity index (χ3v) is 4.58. The van der Waals surface area contributed by atoms with Gasteiger partial charge < -0.3 is 9.64 Å². The molecule has 0 spiro atoms.